The molecule has 2 aromatic heterocycles. The molecule has 1 atom stereocenters. The molecule has 1 aliphatic heterocycles. The highest BCUT2D eigenvalue weighted by atomic mass is 16.2. The second-order valence-electron chi connectivity index (χ2n) is 6.23. The van der Waals surface area contributed by atoms with E-state index in [9.17, 15) is 9.59 Å². The molecule has 0 radical (unpaired) electrons. The first-order chi connectivity index (χ1) is 12.2. The van der Waals surface area contributed by atoms with E-state index in [1.165, 1.54) is 10.9 Å². The lowest BCUT2D eigenvalue weighted by Gasteiger charge is -2.25. The molecule has 0 N–H and O–H groups in total. The third kappa shape index (κ3) is 2.91. The third-order valence-corrected chi connectivity index (χ3v) is 4.68. The number of benzene rings is 1. The predicted octanol–water partition coefficient (Wildman–Crippen LogP) is 2.16. The van der Waals surface area contributed by atoms with Crippen molar-refractivity contribution in [3.63, 3.8) is 0 Å². The average Bonchev–Trinajstić information content (AvgIpc) is 3.15. The summed E-state index contributed by atoms with van der Waals surface area (Å²) in [5.74, 6) is -0.0643. The standard InChI is InChI=1S/C19H18N4O2/c24-18(23-10-4-8-17(23)14-5-3-9-20-11-14)12-22-13-21-16-7-2-1-6-15(16)19(22)25/h1-3,5-7,9,11,13,17H,4,8,10,12H2. The third-order valence-electron chi connectivity index (χ3n) is 4.68. The van der Waals surface area contributed by atoms with E-state index in [0.717, 1.165) is 18.4 Å². The van der Waals surface area contributed by atoms with Gasteiger partial charge in [0.15, 0.2) is 0 Å². The van der Waals surface area contributed by atoms with Crippen molar-refractivity contribution in [1.82, 2.24) is 19.4 Å². The molecule has 1 saturated heterocycles. The molecule has 6 heteroatoms. The molecule has 6 nitrogen and oxygen atoms in total. The van der Waals surface area contributed by atoms with Gasteiger partial charge in [-0.25, -0.2) is 4.98 Å². The van der Waals surface area contributed by atoms with Gasteiger partial charge in [-0.15, -0.1) is 0 Å². The number of para-hydroxylation sites is 1. The van der Waals surface area contributed by atoms with Gasteiger partial charge in [0, 0.05) is 18.9 Å². The summed E-state index contributed by atoms with van der Waals surface area (Å²) in [4.78, 5) is 35.7. The second-order valence-corrected chi connectivity index (χ2v) is 6.23. The molecule has 1 amide bonds. The van der Waals surface area contributed by atoms with Crippen LogP contribution in [0.15, 0.2) is 59.9 Å². The van der Waals surface area contributed by atoms with Gasteiger partial charge in [0.05, 0.1) is 23.3 Å². The average molecular weight is 334 g/mol. The smallest absolute Gasteiger partial charge is 0.261 e. The van der Waals surface area contributed by atoms with Gasteiger partial charge in [-0.3, -0.25) is 19.1 Å². The number of aromatic nitrogens is 3. The van der Waals surface area contributed by atoms with Crippen LogP contribution in [0.2, 0.25) is 0 Å². The lowest BCUT2D eigenvalue weighted by atomic mass is 10.1. The highest BCUT2D eigenvalue weighted by Gasteiger charge is 2.30. The summed E-state index contributed by atoms with van der Waals surface area (Å²) in [5, 5.41) is 0.531. The Balaban J connectivity index is 1.60. The maximum atomic E-state index is 12.8. The molecule has 0 aliphatic carbocycles. The van der Waals surface area contributed by atoms with Gasteiger partial charge < -0.3 is 4.90 Å². The lowest BCUT2D eigenvalue weighted by molar-refractivity contribution is -0.132. The molecule has 1 aromatic carbocycles. The van der Waals surface area contributed by atoms with Gasteiger partial charge in [-0.2, -0.15) is 0 Å². The molecular formula is C19H18N4O2. The summed E-state index contributed by atoms with van der Waals surface area (Å²) in [6.45, 7) is 0.710. The van der Waals surface area contributed by atoms with Crippen molar-refractivity contribution < 1.29 is 4.79 Å². The maximum Gasteiger partial charge on any atom is 0.261 e. The van der Waals surface area contributed by atoms with E-state index in [2.05, 4.69) is 9.97 Å². The Kier molecular flexibility index (Phi) is 4.01. The van der Waals surface area contributed by atoms with E-state index in [1.807, 2.05) is 23.1 Å². The number of carbonyl (C=O) groups is 1. The minimum Gasteiger partial charge on any atom is -0.334 e. The number of carbonyl (C=O) groups excluding carboxylic acids is 1. The fourth-order valence-electron chi connectivity index (χ4n) is 3.44. The fraction of sp³-hybridized carbons (Fsp3) is 0.263. The molecule has 25 heavy (non-hydrogen) atoms. The van der Waals surface area contributed by atoms with Crippen molar-refractivity contribution in [2.24, 2.45) is 0 Å². The zero-order valence-electron chi connectivity index (χ0n) is 13.7. The molecule has 3 aromatic rings. The number of hydrogen-bond acceptors (Lipinski definition) is 4. The van der Waals surface area contributed by atoms with E-state index in [4.69, 9.17) is 0 Å². The molecule has 126 valence electrons. The van der Waals surface area contributed by atoms with Crippen molar-refractivity contribution in [3.05, 3.63) is 71.0 Å². The molecule has 0 bridgehead atoms. The Hall–Kier alpha value is -3.02. The van der Waals surface area contributed by atoms with E-state index in [1.54, 1.807) is 30.6 Å². The van der Waals surface area contributed by atoms with Crippen LogP contribution in [0.1, 0.15) is 24.4 Å². The first-order valence-corrected chi connectivity index (χ1v) is 8.37. The highest BCUT2D eigenvalue weighted by Crippen LogP contribution is 2.31. The number of fused-ring (bicyclic) bond motifs is 1. The maximum absolute atomic E-state index is 12.8. The van der Waals surface area contributed by atoms with Gasteiger partial charge in [0.1, 0.15) is 6.54 Å². The summed E-state index contributed by atoms with van der Waals surface area (Å²) in [7, 11) is 0. The zero-order chi connectivity index (χ0) is 17.2. The van der Waals surface area contributed by atoms with Crippen LogP contribution in [-0.2, 0) is 11.3 Å². The van der Waals surface area contributed by atoms with Gasteiger partial charge >= 0.3 is 0 Å². The molecular weight excluding hydrogens is 316 g/mol. The molecule has 1 unspecified atom stereocenters. The van der Waals surface area contributed by atoms with Crippen LogP contribution < -0.4 is 5.56 Å². The van der Waals surface area contributed by atoms with Crippen molar-refractivity contribution in [3.8, 4) is 0 Å². The Labute approximate surface area is 144 Å². The normalized spacial score (nSPS) is 17.1. The van der Waals surface area contributed by atoms with Crippen LogP contribution in [0, 0.1) is 0 Å². The minimum atomic E-state index is -0.184. The number of rotatable bonds is 3. The van der Waals surface area contributed by atoms with Crippen molar-refractivity contribution in [2.45, 2.75) is 25.4 Å². The summed E-state index contributed by atoms with van der Waals surface area (Å²) in [6.07, 6.45) is 6.86. The Bertz CT molecular complexity index is 968. The number of pyridine rings is 1. The second kappa shape index (κ2) is 6.47. The van der Waals surface area contributed by atoms with Crippen molar-refractivity contribution >= 4 is 16.8 Å². The monoisotopic (exact) mass is 334 g/mol. The van der Waals surface area contributed by atoms with Crippen molar-refractivity contribution in [1.29, 1.82) is 0 Å². The molecule has 0 spiro atoms. The summed E-state index contributed by atoms with van der Waals surface area (Å²) in [5.41, 5.74) is 1.50. The van der Waals surface area contributed by atoms with Crippen LogP contribution in [0.25, 0.3) is 10.9 Å². The Morgan fingerprint density at radius 3 is 2.92 bits per heavy atom. The number of likely N-dealkylation sites (tertiary alicyclic amines) is 1. The molecule has 0 saturated carbocycles. The van der Waals surface area contributed by atoms with Gasteiger partial charge in [-0.1, -0.05) is 18.2 Å². The predicted molar refractivity (Wildman–Crippen MR) is 93.9 cm³/mol. The van der Waals surface area contributed by atoms with E-state index in [0.29, 0.717) is 17.4 Å². The molecule has 3 heterocycles. The minimum absolute atomic E-state index is 0.00737. The number of hydrogen-bond donors (Lipinski definition) is 0. The largest absolute Gasteiger partial charge is 0.334 e. The van der Waals surface area contributed by atoms with Gasteiger partial charge in [0.25, 0.3) is 5.56 Å². The quantitative estimate of drug-likeness (QED) is 0.736. The first kappa shape index (κ1) is 15.5. The lowest BCUT2D eigenvalue weighted by Crippen LogP contribution is -2.36. The fourth-order valence-corrected chi connectivity index (χ4v) is 3.44. The Morgan fingerprint density at radius 2 is 2.08 bits per heavy atom. The van der Waals surface area contributed by atoms with E-state index < -0.39 is 0 Å². The van der Waals surface area contributed by atoms with Gasteiger partial charge in [-0.05, 0) is 36.6 Å². The van der Waals surface area contributed by atoms with Crippen LogP contribution in [0.3, 0.4) is 0 Å². The van der Waals surface area contributed by atoms with Crippen molar-refractivity contribution in [2.75, 3.05) is 6.54 Å². The number of amides is 1. The zero-order valence-corrected chi connectivity index (χ0v) is 13.7. The van der Waals surface area contributed by atoms with Crippen LogP contribution in [-0.4, -0.2) is 31.9 Å². The highest BCUT2D eigenvalue weighted by molar-refractivity contribution is 5.79. The molecule has 1 fully saturated rings. The SMILES string of the molecule is O=C(Cn1cnc2ccccc2c1=O)N1CCCC1c1cccnc1. The van der Waals surface area contributed by atoms with E-state index in [-0.39, 0.29) is 24.1 Å². The number of nitrogens with zero attached hydrogens (tertiary/aromatic N) is 4. The van der Waals surface area contributed by atoms with Crippen LogP contribution >= 0.6 is 0 Å². The molecule has 1 aliphatic rings. The topological polar surface area (TPSA) is 68.1 Å². The Morgan fingerprint density at radius 1 is 1.20 bits per heavy atom. The first-order valence-electron chi connectivity index (χ1n) is 8.37. The summed E-state index contributed by atoms with van der Waals surface area (Å²) >= 11 is 0. The molecule has 4 rings (SSSR count). The van der Waals surface area contributed by atoms with E-state index >= 15 is 0 Å². The summed E-state index contributed by atoms with van der Waals surface area (Å²) < 4.78 is 1.39. The van der Waals surface area contributed by atoms with Crippen LogP contribution in [0.4, 0.5) is 0 Å². The van der Waals surface area contributed by atoms with Crippen LogP contribution in [0.5, 0.6) is 0 Å². The summed E-state index contributed by atoms with van der Waals surface area (Å²) in [6, 6.07) is 11.1. The van der Waals surface area contributed by atoms with Gasteiger partial charge in [0.2, 0.25) is 5.91 Å².